The molecule has 0 unspecified atom stereocenters. The lowest BCUT2D eigenvalue weighted by atomic mass is 10.3. The summed E-state index contributed by atoms with van der Waals surface area (Å²) >= 11 is 0. The third kappa shape index (κ3) is 3.32. The fraction of sp³-hybridized carbons (Fsp3) is 0.0800. The first kappa shape index (κ1) is 18.4. The Morgan fingerprint density at radius 3 is 1.46 bits per heavy atom. The fourth-order valence-corrected chi connectivity index (χ4v) is 7.99. The van der Waals surface area contributed by atoms with E-state index in [2.05, 4.69) is 91.0 Å². The minimum atomic E-state index is -2.04. The summed E-state index contributed by atoms with van der Waals surface area (Å²) < 4.78 is 1.09. The van der Waals surface area contributed by atoms with E-state index in [1.54, 1.807) is 0 Å². The molecule has 1 aromatic heterocycles. The Labute approximate surface area is 167 Å². The lowest BCUT2D eigenvalue weighted by molar-refractivity contribution is -0.619. The van der Waals surface area contributed by atoms with Crippen LogP contribution in [0.5, 0.6) is 0 Å². The molecular weight excluding hydrogens is 361 g/mol. The molecule has 0 aliphatic heterocycles. The number of nitrogens with zero attached hydrogens (tertiary/aromatic N) is 1. The van der Waals surface area contributed by atoms with E-state index in [9.17, 15) is 5.21 Å². The van der Waals surface area contributed by atoms with Crippen molar-refractivity contribution in [2.75, 3.05) is 0 Å². The first-order valence-electron chi connectivity index (χ1n) is 9.45. The molecule has 3 heteroatoms. The van der Waals surface area contributed by atoms with Crippen LogP contribution in [0, 0.1) is 12.1 Å². The van der Waals surface area contributed by atoms with Gasteiger partial charge in [-0.1, -0.05) is 54.6 Å². The van der Waals surface area contributed by atoms with Crippen LogP contribution in [-0.2, 0) is 6.16 Å². The number of hydrogen-bond donors (Lipinski definition) is 0. The molecule has 0 aliphatic rings. The van der Waals surface area contributed by atoms with Crippen LogP contribution in [0.15, 0.2) is 109 Å². The Bertz CT molecular complexity index is 953. The SMILES string of the molecule is Cc1cccc(C[P+](c2ccccc2)(c2ccccc2)c2ccccc2)[n+]1[O-]. The second-order valence-corrected chi connectivity index (χ2v) is 10.4. The van der Waals surface area contributed by atoms with E-state index in [0.717, 1.165) is 16.1 Å². The highest BCUT2D eigenvalue weighted by molar-refractivity contribution is 7.95. The van der Waals surface area contributed by atoms with Crippen LogP contribution in [0.3, 0.4) is 0 Å². The Kier molecular flexibility index (Phi) is 5.23. The highest BCUT2D eigenvalue weighted by Crippen LogP contribution is 2.57. The predicted molar refractivity (Wildman–Crippen MR) is 119 cm³/mol. The average Bonchev–Trinajstić information content (AvgIpc) is 2.77. The van der Waals surface area contributed by atoms with E-state index in [4.69, 9.17) is 0 Å². The van der Waals surface area contributed by atoms with E-state index < -0.39 is 7.26 Å². The monoisotopic (exact) mass is 384 g/mol. The summed E-state index contributed by atoms with van der Waals surface area (Å²) in [6.07, 6.45) is 0.691. The molecular formula is C25H23NOP+. The molecule has 0 radical (unpaired) electrons. The molecule has 3 aromatic carbocycles. The molecule has 2 nitrogen and oxygen atoms in total. The molecule has 0 atom stereocenters. The number of pyridine rings is 1. The van der Waals surface area contributed by atoms with Crippen molar-refractivity contribution in [3.63, 3.8) is 0 Å². The molecule has 0 N–H and O–H groups in total. The Balaban J connectivity index is 2.02. The Morgan fingerprint density at radius 2 is 1.04 bits per heavy atom. The van der Waals surface area contributed by atoms with E-state index >= 15 is 0 Å². The molecule has 0 bridgehead atoms. The van der Waals surface area contributed by atoms with E-state index in [1.165, 1.54) is 15.9 Å². The number of hydrogen-bond acceptors (Lipinski definition) is 1. The van der Waals surface area contributed by atoms with Crippen LogP contribution in [0.2, 0.25) is 0 Å². The third-order valence-corrected chi connectivity index (χ3v) is 9.53. The number of rotatable bonds is 5. The van der Waals surface area contributed by atoms with Crippen molar-refractivity contribution in [3.8, 4) is 0 Å². The lowest BCUT2D eigenvalue weighted by Crippen LogP contribution is -2.39. The number of aromatic nitrogens is 1. The maximum absolute atomic E-state index is 12.9. The van der Waals surface area contributed by atoms with Gasteiger partial charge in [0.1, 0.15) is 23.2 Å². The summed E-state index contributed by atoms with van der Waals surface area (Å²) in [6, 6.07) is 37.8. The molecule has 0 spiro atoms. The zero-order valence-electron chi connectivity index (χ0n) is 15.9. The molecule has 0 saturated carbocycles. The Hall–Kier alpha value is -2.96. The summed E-state index contributed by atoms with van der Waals surface area (Å²) in [5.41, 5.74) is 1.54. The van der Waals surface area contributed by atoms with Crippen LogP contribution in [-0.4, -0.2) is 0 Å². The molecule has 0 saturated heterocycles. The summed E-state index contributed by atoms with van der Waals surface area (Å²) in [7, 11) is -2.04. The zero-order valence-corrected chi connectivity index (χ0v) is 16.8. The van der Waals surface area contributed by atoms with Crippen molar-refractivity contribution in [1.29, 1.82) is 0 Å². The van der Waals surface area contributed by atoms with E-state index in [-0.39, 0.29) is 0 Å². The molecule has 1 heterocycles. The summed E-state index contributed by atoms with van der Waals surface area (Å²) in [4.78, 5) is 0. The molecule has 138 valence electrons. The standard InChI is InChI=1S/C25H23NOP/c1-21-12-11-13-22(26(21)27)20-28(23-14-5-2-6-15-23,24-16-7-3-8-17-24)25-18-9-4-10-19-25/h2-19H,20H2,1H3/q+1. The quantitative estimate of drug-likeness (QED) is 0.289. The van der Waals surface area contributed by atoms with Crippen molar-refractivity contribution < 1.29 is 4.73 Å². The third-order valence-electron chi connectivity index (χ3n) is 5.20. The molecule has 4 aromatic rings. The topological polar surface area (TPSA) is 26.9 Å². The zero-order chi connectivity index (χ0) is 19.4. The van der Waals surface area contributed by atoms with Gasteiger partial charge in [-0.3, -0.25) is 0 Å². The van der Waals surface area contributed by atoms with Crippen LogP contribution in [0.4, 0.5) is 0 Å². The van der Waals surface area contributed by atoms with Gasteiger partial charge in [-0.25, -0.2) is 0 Å². The Morgan fingerprint density at radius 1 is 0.607 bits per heavy atom. The minimum absolute atomic E-state index is 0.691. The van der Waals surface area contributed by atoms with Crippen molar-refractivity contribution in [3.05, 3.63) is 126 Å². The van der Waals surface area contributed by atoms with Gasteiger partial charge in [0.15, 0.2) is 11.9 Å². The largest absolute Gasteiger partial charge is 0.618 e. The normalized spacial score (nSPS) is 11.3. The van der Waals surface area contributed by atoms with Gasteiger partial charge in [0.25, 0.3) is 0 Å². The van der Waals surface area contributed by atoms with Crippen LogP contribution in [0.25, 0.3) is 0 Å². The van der Waals surface area contributed by atoms with Gasteiger partial charge in [-0.2, -0.15) is 4.73 Å². The second kappa shape index (κ2) is 7.96. The first-order chi connectivity index (χ1) is 13.7. The lowest BCUT2D eigenvalue weighted by Gasteiger charge is -2.27. The van der Waals surface area contributed by atoms with Gasteiger partial charge < -0.3 is 5.21 Å². The van der Waals surface area contributed by atoms with E-state index in [0.29, 0.717) is 6.16 Å². The minimum Gasteiger partial charge on any atom is -0.618 e. The average molecular weight is 384 g/mol. The summed E-state index contributed by atoms with van der Waals surface area (Å²) in [5, 5.41) is 16.7. The number of benzene rings is 3. The van der Waals surface area contributed by atoms with Gasteiger partial charge >= 0.3 is 0 Å². The van der Waals surface area contributed by atoms with Crippen LogP contribution < -0.4 is 20.6 Å². The van der Waals surface area contributed by atoms with Gasteiger partial charge in [0, 0.05) is 19.1 Å². The van der Waals surface area contributed by atoms with Crippen molar-refractivity contribution >= 4 is 23.2 Å². The number of aryl methyl sites for hydroxylation is 1. The van der Waals surface area contributed by atoms with E-state index in [1.807, 2.05) is 25.1 Å². The van der Waals surface area contributed by atoms with Crippen molar-refractivity contribution in [2.45, 2.75) is 13.1 Å². The summed E-state index contributed by atoms with van der Waals surface area (Å²) in [6.45, 7) is 1.87. The molecule has 0 aliphatic carbocycles. The highest BCUT2D eigenvalue weighted by atomic mass is 31.2. The van der Waals surface area contributed by atoms with Gasteiger partial charge in [-0.15, -0.1) is 0 Å². The molecule has 28 heavy (non-hydrogen) atoms. The second-order valence-electron chi connectivity index (χ2n) is 6.93. The molecule has 4 rings (SSSR count). The van der Waals surface area contributed by atoms with Crippen molar-refractivity contribution in [1.82, 2.24) is 0 Å². The maximum Gasteiger partial charge on any atom is 0.231 e. The summed E-state index contributed by atoms with van der Waals surface area (Å²) in [5.74, 6) is 0. The van der Waals surface area contributed by atoms with Gasteiger partial charge in [0.05, 0.1) is 0 Å². The smallest absolute Gasteiger partial charge is 0.231 e. The van der Waals surface area contributed by atoms with Crippen molar-refractivity contribution in [2.24, 2.45) is 0 Å². The highest BCUT2D eigenvalue weighted by Gasteiger charge is 2.47. The maximum atomic E-state index is 12.9. The van der Waals surface area contributed by atoms with Gasteiger partial charge in [0.2, 0.25) is 5.69 Å². The fourth-order valence-electron chi connectivity index (χ4n) is 3.79. The van der Waals surface area contributed by atoms with Crippen LogP contribution >= 0.6 is 7.26 Å². The van der Waals surface area contributed by atoms with Gasteiger partial charge in [-0.05, 0) is 42.5 Å². The first-order valence-corrected chi connectivity index (χ1v) is 11.4. The predicted octanol–water partition coefficient (Wildman–Crippen LogP) is 4.12. The van der Waals surface area contributed by atoms with Crippen LogP contribution in [0.1, 0.15) is 11.4 Å². The molecule has 0 fully saturated rings. The molecule has 0 amide bonds.